The number of hydrogen-bond donors (Lipinski definition) is 0. The van der Waals surface area contributed by atoms with E-state index in [1.807, 2.05) is 40.9 Å². The number of halogens is 1. The molecule has 0 saturated carbocycles. The zero-order valence-corrected chi connectivity index (χ0v) is 18.3. The Bertz CT molecular complexity index is 1340. The van der Waals surface area contributed by atoms with Gasteiger partial charge in [0.2, 0.25) is 5.91 Å². The number of ether oxygens (including phenoxy) is 2. The van der Waals surface area contributed by atoms with Crippen LogP contribution in [0, 0.1) is 5.82 Å². The summed E-state index contributed by atoms with van der Waals surface area (Å²) in [6.45, 7) is 0.994. The Hall–Kier alpha value is -4.13. The van der Waals surface area contributed by atoms with Crippen LogP contribution in [0.3, 0.4) is 0 Å². The molecule has 0 N–H and O–H groups in total. The van der Waals surface area contributed by atoms with Crippen LogP contribution >= 0.6 is 0 Å². The average molecular weight is 443 g/mol. The average Bonchev–Trinajstić information content (AvgIpc) is 3.43. The minimum atomic E-state index is -0.309. The van der Waals surface area contributed by atoms with Gasteiger partial charge in [-0.1, -0.05) is 6.07 Å². The van der Waals surface area contributed by atoms with E-state index in [1.165, 1.54) is 12.1 Å². The summed E-state index contributed by atoms with van der Waals surface area (Å²) in [6.07, 6.45) is 5.22. The van der Waals surface area contributed by atoms with Crippen molar-refractivity contribution in [1.29, 1.82) is 0 Å². The highest BCUT2D eigenvalue weighted by Gasteiger charge is 2.24. The van der Waals surface area contributed by atoms with Crippen molar-refractivity contribution in [1.82, 2.24) is 14.3 Å². The third kappa shape index (κ3) is 3.82. The fourth-order valence-corrected chi connectivity index (χ4v) is 4.13. The summed E-state index contributed by atoms with van der Waals surface area (Å²) in [5, 5.41) is 0. The molecule has 1 amide bonds. The summed E-state index contributed by atoms with van der Waals surface area (Å²) in [5.41, 5.74) is 5.04. The fourth-order valence-electron chi connectivity index (χ4n) is 4.13. The van der Waals surface area contributed by atoms with Crippen LogP contribution in [0.2, 0.25) is 0 Å². The number of carbonyl (C=O) groups is 1. The Labute approximate surface area is 190 Å². The van der Waals surface area contributed by atoms with Crippen molar-refractivity contribution in [2.45, 2.75) is 13.1 Å². The standard InChI is InChI=1S/C26H22FN3O3/c1-32-22-13-18-15-29(16-19(18)14-23(22)33-2)25(31)11-10-21-26(17-6-8-20(27)9-7-17)28-24-5-3-4-12-30(21)24/h3-14H,15-16H2,1-2H3/b11-10+. The summed E-state index contributed by atoms with van der Waals surface area (Å²) in [7, 11) is 3.19. The molecule has 6 nitrogen and oxygen atoms in total. The number of aromatic nitrogens is 2. The first-order valence-electron chi connectivity index (χ1n) is 10.5. The Balaban J connectivity index is 1.44. The van der Waals surface area contributed by atoms with Crippen LogP contribution in [-0.2, 0) is 17.9 Å². The number of imidazole rings is 1. The van der Waals surface area contributed by atoms with E-state index < -0.39 is 0 Å². The van der Waals surface area contributed by atoms with Gasteiger partial charge in [-0.25, -0.2) is 9.37 Å². The van der Waals surface area contributed by atoms with Crippen LogP contribution in [0.25, 0.3) is 23.0 Å². The van der Waals surface area contributed by atoms with Gasteiger partial charge in [0.15, 0.2) is 11.5 Å². The van der Waals surface area contributed by atoms with Gasteiger partial charge in [-0.3, -0.25) is 9.20 Å². The molecule has 0 spiro atoms. The summed E-state index contributed by atoms with van der Waals surface area (Å²) in [5.74, 6) is 0.878. The maximum atomic E-state index is 13.4. The molecule has 2 aromatic carbocycles. The quantitative estimate of drug-likeness (QED) is 0.419. The molecule has 7 heteroatoms. The molecule has 2 aromatic heterocycles. The third-order valence-electron chi connectivity index (χ3n) is 5.81. The van der Waals surface area contributed by atoms with Crippen molar-refractivity contribution in [3.8, 4) is 22.8 Å². The first kappa shape index (κ1) is 20.8. The summed E-state index contributed by atoms with van der Waals surface area (Å²) >= 11 is 0. The van der Waals surface area contributed by atoms with E-state index in [-0.39, 0.29) is 11.7 Å². The number of rotatable bonds is 5. The van der Waals surface area contributed by atoms with Crippen LogP contribution in [0.5, 0.6) is 11.5 Å². The van der Waals surface area contributed by atoms with Crippen molar-refractivity contribution in [2.75, 3.05) is 14.2 Å². The van der Waals surface area contributed by atoms with Gasteiger partial charge in [0.1, 0.15) is 11.5 Å². The molecule has 0 unspecified atom stereocenters. The van der Waals surface area contributed by atoms with Crippen molar-refractivity contribution in [2.24, 2.45) is 0 Å². The monoisotopic (exact) mass is 443 g/mol. The molecule has 166 valence electrons. The molecule has 0 saturated heterocycles. The Morgan fingerprint density at radius 2 is 1.67 bits per heavy atom. The number of benzene rings is 2. The second kappa shape index (κ2) is 8.43. The Morgan fingerprint density at radius 3 is 2.30 bits per heavy atom. The first-order chi connectivity index (χ1) is 16.1. The molecule has 0 fully saturated rings. The lowest BCUT2D eigenvalue weighted by molar-refractivity contribution is -0.126. The van der Waals surface area contributed by atoms with Crippen molar-refractivity contribution < 1.29 is 18.7 Å². The van der Waals surface area contributed by atoms with Gasteiger partial charge >= 0.3 is 0 Å². The van der Waals surface area contributed by atoms with Crippen molar-refractivity contribution in [3.63, 3.8) is 0 Å². The van der Waals surface area contributed by atoms with E-state index >= 15 is 0 Å². The molecule has 0 aliphatic carbocycles. The van der Waals surface area contributed by atoms with E-state index in [9.17, 15) is 9.18 Å². The van der Waals surface area contributed by atoms with Gasteiger partial charge < -0.3 is 14.4 Å². The van der Waals surface area contributed by atoms with E-state index in [4.69, 9.17) is 14.5 Å². The largest absolute Gasteiger partial charge is 0.493 e. The molecule has 1 aliphatic rings. The second-order valence-electron chi connectivity index (χ2n) is 7.78. The number of fused-ring (bicyclic) bond motifs is 2. The van der Waals surface area contributed by atoms with Crippen LogP contribution in [0.4, 0.5) is 4.39 Å². The number of pyridine rings is 1. The predicted molar refractivity (Wildman–Crippen MR) is 123 cm³/mol. The molecule has 0 atom stereocenters. The second-order valence-corrected chi connectivity index (χ2v) is 7.78. The van der Waals surface area contributed by atoms with Crippen LogP contribution in [-0.4, -0.2) is 34.4 Å². The van der Waals surface area contributed by atoms with E-state index in [2.05, 4.69) is 0 Å². The Kier molecular flexibility index (Phi) is 5.30. The molecular formula is C26H22FN3O3. The van der Waals surface area contributed by atoms with Crippen molar-refractivity contribution >= 4 is 17.6 Å². The molecule has 33 heavy (non-hydrogen) atoms. The molecular weight excluding hydrogens is 421 g/mol. The Morgan fingerprint density at radius 1 is 1.00 bits per heavy atom. The smallest absolute Gasteiger partial charge is 0.247 e. The summed E-state index contributed by atoms with van der Waals surface area (Å²) in [4.78, 5) is 19.5. The molecule has 0 bridgehead atoms. The molecule has 5 rings (SSSR count). The first-order valence-corrected chi connectivity index (χ1v) is 10.5. The minimum absolute atomic E-state index is 0.111. The maximum absolute atomic E-state index is 13.4. The third-order valence-corrected chi connectivity index (χ3v) is 5.81. The van der Waals surface area contributed by atoms with Crippen LogP contribution in [0.15, 0.2) is 66.9 Å². The molecule has 3 heterocycles. The lowest BCUT2D eigenvalue weighted by Crippen LogP contribution is -2.22. The molecule has 4 aromatic rings. The van der Waals surface area contributed by atoms with E-state index in [0.29, 0.717) is 30.3 Å². The van der Waals surface area contributed by atoms with E-state index in [0.717, 1.165) is 28.0 Å². The summed E-state index contributed by atoms with van der Waals surface area (Å²) < 4.78 is 26.1. The lowest BCUT2D eigenvalue weighted by atomic mass is 10.1. The topological polar surface area (TPSA) is 56.1 Å². The number of hydrogen-bond acceptors (Lipinski definition) is 4. The maximum Gasteiger partial charge on any atom is 0.247 e. The van der Waals surface area contributed by atoms with Gasteiger partial charge in [0.25, 0.3) is 0 Å². The lowest BCUT2D eigenvalue weighted by Gasteiger charge is -2.12. The normalized spacial score (nSPS) is 13.0. The number of amides is 1. The van der Waals surface area contributed by atoms with Gasteiger partial charge in [-0.05, 0) is 65.7 Å². The highest BCUT2D eigenvalue weighted by molar-refractivity contribution is 5.93. The predicted octanol–water partition coefficient (Wildman–Crippen LogP) is 4.71. The highest BCUT2D eigenvalue weighted by atomic mass is 19.1. The fraction of sp³-hybridized carbons (Fsp3) is 0.154. The molecule has 0 radical (unpaired) electrons. The van der Waals surface area contributed by atoms with Crippen LogP contribution < -0.4 is 9.47 Å². The van der Waals surface area contributed by atoms with E-state index in [1.54, 1.807) is 43.4 Å². The number of carbonyl (C=O) groups excluding carboxylic acids is 1. The molecule has 1 aliphatic heterocycles. The zero-order valence-electron chi connectivity index (χ0n) is 18.3. The summed E-state index contributed by atoms with van der Waals surface area (Å²) in [6, 6.07) is 15.7. The van der Waals surface area contributed by atoms with Crippen LogP contribution in [0.1, 0.15) is 16.8 Å². The van der Waals surface area contributed by atoms with Gasteiger partial charge in [-0.15, -0.1) is 0 Å². The van der Waals surface area contributed by atoms with Gasteiger partial charge in [0.05, 0.1) is 25.6 Å². The van der Waals surface area contributed by atoms with Gasteiger partial charge in [0, 0.05) is 30.9 Å². The number of nitrogens with zero attached hydrogens (tertiary/aromatic N) is 3. The minimum Gasteiger partial charge on any atom is -0.493 e. The van der Waals surface area contributed by atoms with Crippen molar-refractivity contribution in [3.05, 3.63) is 89.5 Å². The highest BCUT2D eigenvalue weighted by Crippen LogP contribution is 2.35. The number of methoxy groups -OCH3 is 2. The zero-order chi connectivity index (χ0) is 22.9. The van der Waals surface area contributed by atoms with Gasteiger partial charge in [-0.2, -0.15) is 0 Å². The SMILES string of the molecule is COc1cc2c(cc1OC)CN(C(=O)/C=C/c1c(-c3ccc(F)cc3)nc3ccccn13)C2.